The largest absolute Gasteiger partial charge is 0.481 e. The summed E-state index contributed by atoms with van der Waals surface area (Å²) in [5.74, 6) is 2.38. The molecule has 112 valence electrons. The molecule has 1 N–H and O–H groups in total. The van der Waals surface area contributed by atoms with Gasteiger partial charge >= 0.3 is 0 Å². The SMILES string of the molecule is CCC1CCCCC1C(Cc1ccc(OC)nc1)NC. The Bertz CT molecular complexity index is 390. The summed E-state index contributed by atoms with van der Waals surface area (Å²) >= 11 is 0. The number of aromatic nitrogens is 1. The Morgan fingerprint density at radius 3 is 2.75 bits per heavy atom. The lowest BCUT2D eigenvalue weighted by Crippen LogP contribution is -2.40. The Morgan fingerprint density at radius 1 is 1.35 bits per heavy atom. The van der Waals surface area contributed by atoms with Crippen molar-refractivity contribution < 1.29 is 4.74 Å². The molecule has 0 saturated heterocycles. The van der Waals surface area contributed by atoms with Crippen LogP contribution in [0, 0.1) is 11.8 Å². The van der Waals surface area contributed by atoms with Crippen LogP contribution in [0.4, 0.5) is 0 Å². The molecule has 1 saturated carbocycles. The van der Waals surface area contributed by atoms with E-state index in [2.05, 4.69) is 30.3 Å². The molecule has 0 spiro atoms. The lowest BCUT2D eigenvalue weighted by molar-refractivity contribution is 0.179. The van der Waals surface area contributed by atoms with Crippen LogP contribution in [-0.4, -0.2) is 25.2 Å². The molecule has 2 rings (SSSR count). The maximum absolute atomic E-state index is 5.12. The van der Waals surface area contributed by atoms with Gasteiger partial charge in [-0.3, -0.25) is 0 Å². The fourth-order valence-corrected chi connectivity index (χ4v) is 3.65. The van der Waals surface area contributed by atoms with Crippen LogP contribution in [0.1, 0.15) is 44.6 Å². The van der Waals surface area contributed by atoms with Crippen molar-refractivity contribution in [2.24, 2.45) is 11.8 Å². The summed E-state index contributed by atoms with van der Waals surface area (Å²) in [5.41, 5.74) is 1.30. The van der Waals surface area contributed by atoms with Crippen molar-refractivity contribution in [2.45, 2.75) is 51.5 Å². The number of pyridine rings is 1. The van der Waals surface area contributed by atoms with Crippen LogP contribution < -0.4 is 10.1 Å². The third-order valence-electron chi connectivity index (χ3n) is 4.84. The van der Waals surface area contributed by atoms with E-state index in [1.54, 1.807) is 7.11 Å². The second-order valence-electron chi connectivity index (χ2n) is 5.92. The number of hydrogen-bond donors (Lipinski definition) is 1. The van der Waals surface area contributed by atoms with Gasteiger partial charge in [0.15, 0.2) is 0 Å². The van der Waals surface area contributed by atoms with Crippen molar-refractivity contribution in [1.29, 1.82) is 0 Å². The Hall–Kier alpha value is -1.09. The molecule has 3 unspecified atom stereocenters. The van der Waals surface area contributed by atoms with Crippen molar-refractivity contribution in [3.8, 4) is 5.88 Å². The average Bonchev–Trinajstić information content (AvgIpc) is 2.53. The first-order valence-corrected chi connectivity index (χ1v) is 7.94. The summed E-state index contributed by atoms with van der Waals surface area (Å²) in [7, 11) is 3.76. The van der Waals surface area contributed by atoms with E-state index in [0.29, 0.717) is 11.9 Å². The predicted octanol–water partition coefficient (Wildman–Crippen LogP) is 3.44. The van der Waals surface area contributed by atoms with Crippen LogP contribution in [0.3, 0.4) is 0 Å². The first kappa shape index (κ1) is 15.3. The van der Waals surface area contributed by atoms with Gasteiger partial charge in [-0.2, -0.15) is 0 Å². The molecule has 1 aliphatic carbocycles. The number of ether oxygens (including phenoxy) is 1. The van der Waals surface area contributed by atoms with Crippen LogP contribution in [0.25, 0.3) is 0 Å². The maximum Gasteiger partial charge on any atom is 0.212 e. The zero-order chi connectivity index (χ0) is 14.4. The van der Waals surface area contributed by atoms with E-state index in [-0.39, 0.29) is 0 Å². The average molecular weight is 276 g/mol. The summed E-state index contributed by atoms with van der Waals surface area (Å²) in [6.45, 7) is 2.34. The van der Waals surface area contributed by atoms with Gasteiger partial charge in [0.1, 0.15) is 0 Å². The molecule has 3 atom stereocenters. The Kier molecular flexibility index (Phi) is 5.84. The van der Waals surface area contributed by atoms with Crippen molar-refractivity contribution in [1.82, 2.24) is 10.3 Å². The Labute approximate surface area is 123 Å². The van der Waals surface area contributed by atoms with Gasteiger partial charge in [0, 0.05) is 18.3 Å². The van der Waals surface area contributed by atoms with Crippen molar-refractivity contribution in [3.05, 3.63) is 23.9 Å². The van der Waals surface area contributed by atoms with E-state index < -0.39 is 0 Å². The van der Waals surface area contributed by atoms with Gasteiger partial charge in [0.2, 0.25) is 5.88 Å². The van der Waals surface area contributed by atoms with Gasteiger partial charge < -0.3 is 10.1 Å². The second kappa shape index (κ2) is 7.63. The zero-order valence-corrected chi connectivity index (χ0v) is 13.1. The van der Waals surface area contributed by atoms with Crippen LogP contribution >= 0.6 is 0 Å². The van der Waals surface area contributed by atoms with Crippen LogP contribution in [-0.2, 0) is 6.42 Å². The van der Waals surface area contributed by atoms with Crippen LogP contribution in [0.5, 0.6) is 5.88 Å². The number of methoxy groups -OCH3 is 1. The maximum atomic E-state index is 5.12. The smallest absolute Gasteiger partial charge is 0.212 e. The fourth-order valence-electron chi connectivity index (χ4n) is 3.65. The van der Waals surface area contributed by atoms with E-state index in [9.17, 15) is 0 Å². The molecule has 20 heavy (non-hydrogen) atoms. The van der Waals surface area contributed by atoms with Crippen LogP contribution in [0.2, 0.25) is 0 Å². The van der Waals surface area contributed by atoms with Crippen molar-refractivity contribution >= 4 is 0 Å². The van der Waals surface area contributed by atoms with Gasteiger partial charge in [0.25, 0.3) is 0 Å². The molecule has 1 aromatic rings. The van der Waals surface area contributed by atoms with Gasteiger partial charge in [-0.15, -0.1) is 0 Å². The highest BCUT2D eigenvalue weighted by molar-refractivity contribution is 5.19. The van der Waals surface area contributed by atoms with Gasteiger partial charge in [-0.1, -0.05) is 38.7 Å². The van der Waals surface area contributed by atoms with Gasteiger partial charge in [-0.25, -0.2) is 4.98 Å². The molecule has 3 heteroatoms. The molecule has 3 nitrogen and oxygen atoms in total. The van der Waals surface area contributed by atoms with E-state index in [1.165, 1.54) is 37.7 Å². The van der Waals surface area contributed by atoms with E-state index >= 15 is 0 Å². The topological polar surface area (TPSA) is 34.1 Å². The van der Waals surface area contributed by atoms with Crippen molar-refractivity contribution in [2.75, 3.05) is 14.2 Å². The Balaban J connectivity index is 2.02. The molecule has 0 aromatic carbocycles. The first-order valence-electron chi connectivity index (χ1n) is 7.94. The monoisotopic (exact) mass is 276 g/mol. The standard InChI is InChI=1S/C17H28N2O/c1-4-14-7-5-6-8-15(14)16(18-2)11-13-9-10-17(20-3)19-12-13/h9-10,12,14-16,18H,4-8,11H2,1-3H3. The number of likely N-dealkylation sites (N-methyl/N-ethyl adjacent to an activating group) is 1. The number of nitrogens with zero attached hydrogens (tertiary/aromatic N) is 1. The highest BCUT2D eigenvalue weighted by Crippen LogP contribution is 2.35. The molecule has 0 aliphatic heterocycles. The van der Waals surface area contributed by atoms with E-state index in [0.717, 1.165) is 18.3 Å². The van der Waals surface area contributed by atoms with Crippen LogP contribution in [0.15, 0.2) is 18.3 Å². The highest BCUT2D eigenvalue weighted by atomic mass is 16.5. The molecular formula is C17H28N2O. The van der Waals surface area contributed by atoms with Crippen molar-refractivity contribution in [3.63, 3.8) is 0 Å². The number of rotatable bonds is 6. The predicted molar refractivity (Wildman–Crippen MR) is 83.1 cm³/mol. The second-order valence-corrected chi connectivity index (χ2v) is 5.92. The minimum Gasteiger partial charge on any atom is -0.481 e. The fraction of sp³-hybridized carbons (Fsp3) is 0.706. The molecular weight excluding hydrogens is 248 g/mol. The summed E-state index contributed by atoms with van der Waals surface area (Å²) in [5, 5.41) is 3.55. The molecule has 1 aromatic heterocycles. The van der Waals surface area contributed by atoms with E-state index in [4.69, 9.17) is 4.74 Å². The summed E-state index contributed by atoms with van der Waals surface area (Å²) < 4.78 is 5.12. The normalized spacial score (nSPS) is 24.4. The molecule has 0 amide bonds. The lowest BCUT2D eigenvalue weighted by atomic mass is 9.73. The summed E-state index contributed by atoms with van der Waals surface area (Å²) in [6.07, 6.45) is 9.90. The summed E-state index contributed by atoms with van der Waals surface area (Å²) in [4.78, 5) is 4.32. The quantitative estimate of drug-likeness (QED) is 0.864. The minimum atomic E-state index is 0.565. The molecule has 0 bridgehead atoms. The molecule has 1 fully saturated rings. The highest BCUT2D eigenvalue weighted by Gasteiger charge is 2.29. The minimum absolute atomic E-state index is 0.565. The third-order valence-corrected chi connectivity index (χ3v) is 4.84. The Morgan fingerprint density at radius 2 is 2.15 bits per heavy atom. The molecule has 1 aliphatic rings. The zero-order valence-electron chi connectivity index (χ0n) is 13.1. The van der Waals surface area contributed by atoms with E-state index in [1.807, 2.05) is 12.3 Å². The number of nitrogens with one attached hydrogen (secondary N) is 1. The summed E-state index contributed by atoms with van der Waals surface area (Å²) in [6, 6.07) is 4.66. The molecule has 1 heterocycles. The van der Waals surface area contributed by atoms with Gasteiger partial charge in [0.05, 0.1) is 7.11 Å². The first-order chi connectivity index (χ1) is 9.78. The lowest BCUT2D eigenvalue weighted by Gasteiger charge is -2.37. The van der Waals surface area contributed by atoms with Gasteiger partial charge in [-0.05, 0) is 37.3 Å². The third kappa shape index (κ3) is 3.72. The molecule has 0 radical (unpaired) electrons. The number of hydrogen-bond acceptors (Lipinski definition) is 3.